The Morgan fingerprint density at radius 1 is 1.20 bits per heavy atom. The predicted octanol–water partition coefficient (Wildman–Crippen LogP) is 3.86. The van der Waals surface area contributed by atoms with E-state index in [1.807, 2.05) is 11.3 Å². The lowest BCUT2D eigenvalue weighted by Gasteiger charge is -2.13. The summed E-state index contributed by atoms with van der Waals surface area (Å²) in [5.41, 5.74) is 1.28. The van der Waals surface area contributed by atoms with Crippen molar-refractivity contribution in [3.8, 4) is 0 Å². The molecule has 0 aromatic carbocycles. The summed E-state index contributed by atoms with van der Waals surface area (Å²) in [5, 5.41) is 4.76. The summed E-state index contributed by atoms with van der Waals surface area (Å²) in [7, 11) is 0. The van der Waals surface area contributed by atoms with E-state index in [1.54, 1.807) is 0 Å². The van der Waals surface area contributed by atoms with Crippen LogP contribution in [0.5, 0.6) is 0 Å². The van der Waals surface area contributed by atoms with Crippen molar-refractivity contribution in [3.05, 3.63) is 10.6 Å². The highest BCUT2D eigenvalue weighted by Gasteiger charge is 2.29. The highest BCUT2D eigenvalue weighted by Crippen LogP contribution is 2.34. The molecule has 0 bridgehead atoms. The largest absolute Gasteiger partial charge is 0.348 e. The summed E-state index contributed by atoms with van der Waals surface area (Å²) in [6.07, 6.45) is 0. The lowest BCUT2D eigenvalue weighted by Crippen LogP contribution is -2.22. The maximum absolute atomic E-state index is 4.94. The van der Waals surface area contributed by atoms with Gasteiger partial charge in [-0.1, -0.05) is 41.5 Å². The van der Waals surface area contributed by atoms with E-state index in [0.29, 0.717) is 12.0 Å². The van der Waals surface area contributed by atoms with Crippen molar-refractivity contribution >= 4 is 16.5 Å². The third-order valence-electron chi connectivity index (χ3n) is 4.19. The van der Waals surface area contributed by atoms with Crippen molar-refractivity contribution < 1.29 is 0 Å². The molecular weight excluding hydrogens is 266 g/mol. The van der Waals surface area contributed by atoms with Gasteiger partial charge in [0.1, 0.15) is 0 Å². The minimum atomic E-state index is 0.501. The highest BCUT2D eigenvalue weighted by atomic mass is 32.1. The van der Waals surface area contributed by atoms with Gasteiger partial charge in [-0.2, -0.15) is 0 Å². The van der Waals surface area contributed by atoms with Crippen LogP contribution in [0.25, 0.3) is 0 Å². The summed E-state index contributed by atoms with van der Waals surface area (Å²) in [6.45, 7) is 16.8. The molecule has 3 nitrogen and oxygen atoms in total. The average molecular weight is 295 g/mol. The van der Waals surface area contributed by atoms with Gasteiger partial charge in [0, 0.05) is 30.6 Å². The summed E-state index contributed by atoms with van der Waals surface area (Å²) in [4.78, 5) is 8.83. The molecular formula is C16H29N3S. The van der Waals surface area contributed by atoms with Crippen LogP contribution in [0.2, 0.25) is 0 Å². The Bertz CT molecular complexity index is 429. The Kier molecular flexibility index (Phi) is 5.08. The molecule has 0 saturated carbocycles. The van der Waals surface area contributed by atoms with Crippen LogP contribution < -0.4 is 10.2 Å². The molecule has 1 aromatic rings. The van der Waals surface area contributed by atoms with Gasteiger partial charge in [-0.05, 0) is 17.8 Å². The Hall–Kier alpha value is -0.610. The average Bonchev–Trinajstić information content (AvgIpc) is 2.91. The quantitative estimate of drug-likeness (QED) is 0.894. The van der Waals surface area contributed by atoms with Gasteiger partial charge in [0.15, 0.2) is 5.13 Å². The third-order valence-corrected chi connectivity index (χ3v) is 5.32. The molecule has 4 heteroatoms. The van der Waals surface area contributed by atoms with Gasteiger partial charge in [-0.15, -0.1) is 11.3 Å². The molecule has 1 aliphatic heterocycles. The number of thiazole rings is 1. The van der Waals surface area contributed by atoms with Gasteiger partial charge in [0.25, 0.3) is 0 Å². The Balaban J connectivity index is 2.16. The molecule has 1 aliphatic rings. The van der Waals surface area contributed by atoms with E-state index in [1.165, 1.54) is 15.7 Å². The second kappa shape index (κ2) is 6.44. The molecule has 114 valence electrons. The molecule has 1 saturated heterocycles. The van der Waals surface area contributed by atoms with Crippen LogP contribution >= 0.6 is 11.3 Å². The van der Waals surface area contributed by atoms with Crippen LogP contribution in [-0.2, 0) is 6.54 Å². The van der Waals surface area contributed by atoms with E-state index in [-0.39, 0.29) is 0 Å². The van der Waals surface area contributed by atoms with Crippen molar-refractivity contribution in [2.24, 2.45) is 11.8 Å². The van der Waals surface area contributed by atoms with Gasteiger partial charge < -0.3 is 10.2 Å². The third kappa shape index (κ3) is 3.53. The van der Waals surface area contributed by atoms with Crippen molar-refractivity contribution in [2.75, 3.05) is 18.0 Å². The van der Waals surface area contributed by atoms with Crippen molar-refractivity contribution in [3.63, 3.8) is 0 Å². The Morgan fingerprint density at radius 3 is 2.30 bits per heavy atom. The van der Waals surface area contributed by atoms with Crippen LogP contribution in [0.4, 0.5) is 5.13 Å². The van der Waals surface area contributed by atoms with E-state index in [4.69, 9.17) is 4.98 Å². The molecule has 2 heterocycles. The van der Waals surface area contributed by atoms with Gasteiger partial charge in [0.05, 0.1) is 5.69 Å². The molecule has 2 atom stereocenters. The molecule has 2 rings (SSSR count). The lowest BCUT2D eigenvalue weighted by molar-refractivity contribution is 0.494. The van der Waals surface area contributed by atoms with Crippen LogP contribution in [0.15, 0.2) is 0 Å². The first-order valence-electron chi connectivity index (χ1n) is 7.86. The lowest BCUT2D eigenvalue weighted by atomic mass is 10.0. The van der Waals surface area contributed by atoms with Gasteiger partial charge >= 0.3 is 0 Å². The molecule has 1 fully saturated rings. The van der Waals surface area contributed by atoms with Gasteiger partial charge in [0.2, 0.25) is 0 Å². The summed E-state index contributed by atoms with van der Waals surface area (Å²) < 4.78 is 0. The first kappa shape index (κ1) is 15.8. The molecule has 1 N–H and O–H groups in total. The predicted molar refractivity (Wildman–Crippen MR) is 88.7 cm³/mol. The number of rotatable bonds is 5. The SMILES string of the molecule is CC(C)NCc1sc(N2CC(C)C(C)C2)nc1C(C)C. The molecule has 0 amide bonds. The first-order chi connectivity index (χ1) is 9.38. The molecule has 1 aromatic heterocycles. The summed E-state index contributed by atoms with van der Waals surface area (Å²) in [6, 6.07) is 0.521. The standard InChI is InChI=1S/C16H29N3S/c1-10(2)15-14(7-17-11(3)4)20-16(18-15)19-8-12(5)13(6)9-19/h10-13,17H,7-9H2,1-6H3. The zero-order valence-corrected chi connectivity index (χ0v) is 14.5. The molecule has 0 radical (unpaired) electrons. The van der Waals surface area contributed by atoms with Crippen molar-refractivity contribution in [1.82, 2.24) is 10.3 Å². The zero-order valence-electron chi connectivity index (χ0n) is 13.7. The number of nitrogens with zero attached hydrogens (tertiary/aromatic N) is 2. The zero-order chi connectivity index (χ0) is 14.9. The highest BCUT2D eigenvalue weighted by molar-refractivity contribution is 7.15. The van der Waals surface area contributed by atoms with Crippen molar-refractivity contribution in [1.29, 1.82) is 0 Å². The summed E-state index contributed by atoms with van der Waals surface area (Å²) >= 11 is 1.88. The van der Waals surface area contributed by atoms with Crippen LogP contribution in [0, 0.1) is 11.8 Å². The number of nitrogens with one attached hydrogen (secondary N) is 1. The Labute approximate surface area is 127 Å². The first-order valence-corrected chi connectivity index (χ1v) is 8.68. The fraction of sp³-hybridized carbons (Fsp3) is 0.812. The fourth-order valence-corrected chi connectivity index (χ4v) is 3.83. The maximum Gasteiger partial charge on any atom is 0.185 e. The van der Waals surface area contributed by atoms with Gasteiger partial charge in [-0.3, -0.25) is 0 Å². The summed E-state index contributed by atoms with van der Waals surface area (Å²) in [5.74, 6) is 2.05. The van der Waals surface area contributed by atoms with Crippen LogP contribution in [0.1, 0.15) is 58.0 Å². The molecule has 20 heavy (non-hydrogen) atoms. The van der Waals surface area contributed by atoms with Crippen LogP contribution in [0.3, 0.4) is 0 Å². The van der Waals surface area contributed by atoms with E-state index in [2.05, 4.69) is 51.8 Å². The number of hydrogen-bond donors (Lipinski definition) is 1. The second-order valence-corrected chi connectivity index (χ2v) is 7.92. The minimum Gasteiger partial charge on any atom is -0.348 e. The van der Waals surface area contributed by atoms with Crippen molar-refractivity contribution in [2.45, 2.75) is 60.0 Å². The number of aromatic nitrogens is 1. The Morgan fingerprint density at radius 2 is 1.80 bits per heavy atom. The van der Waals surface area contributed by atoms with Gasteiger partial charge in [-0.25, -0.2) is 4.98 Å². The van der Waals surface area contributed by atoms with E-state index in [9.17, 15) is 0 Å². The minimum absolute atomic E-state index is 0.501. The number of hydrogen-bond acceptors (Lipinski definition) is 4. The number of anilines is 1. The fourth-order valence-electron chi connectivity index (χ4n) is 2.65. The molecule has 0 aliphatic carbocycles. The monoisotopic (exact) mass is 295 g/mol. The maximum atomic E-state index is 4.94. The second-order valence-electron chi connectivity index (χ2n) is 6.85. The normalized spacial score (nSPS) is 23.3. The smallest absolute Gasteiger partial charge is 0.185 e. The molecule has 2 unspecified atom stereocenters. The van der Waals surface area contributed by atoms with Crippen LogP contribution in [-0.4, -0.2) is 24.1 Å². The molecule has 0 spiro atoms. The topological polar surface area (TPSA) is 28.2 Å². The van der Waals surface area contributed by atoms with E-state index >= 15 is 0 Å². The van der Waals surface area contributed by atoms with E-state index < -0.39 is 0 Å². The van der Waals surface area contributed by atoms with E-state index in [0.717, 1.165) is 31.5 Å².